The van der Waals surface area contributed by atoms with Crippen molar-refractivity contribution in [2.75, 3.05) is 6.54 Å². The highest BCUT2D eigenvalue weighted by Gasteiger charge is 2.26. The predicted octanol–water partition coefficient (Wildman–Crippen LogP) is 2.91. The normalized spacial score (nSPS) is 22.3. The van der Waals surface area contributed by atoms with Crippen LogP contribution in [0.25, 0.3) is 0 Å². The predicted molar refractivity (Wildman–Crippen MR) is 87.1 cm³/mol. The molecule has 1 aromatic rings. The third kappa shape index (κ3) is 4.57. The van der Waals surface area contributed by atoms with E-state index in [1.54, 1.807) is 0 Å². The Labute approximate surface area is 128 Å². The highest BCUT2D eigenvalue weighted by molar-refractivity contribution is 5.79. The molecule has 0 radical (unpaired) electrons. The molecule has 3 heteroatoms. The summed E-state index contributed by atoms with van der Waals surface area (Å²) in [5, 5.41) is 0. The van der Waals surface area contributed by atoms with Gasteiger partial charge in [0.05, 0.1) is 6.42 Å². The summed E-state index contributed by atoms with van der Waals surface area (Å²) in [4.78, 5) is 14.4. The molecule has 1 aliphatic rings. The second kappa shape index (κ2) is 7.60. The first kappa shape index (κ1) is 16.0. The van der Waals surface area contributed by atoms with E-state index >= 15 is 0 Å². The Kier molecular flexibility index (Phi) is 5.80. The van der Waals surface area contributed by atoms with Crippen LogP contribution in [0.4, 0.5) is 0 Å². The molecular weight excluding hydrogens is 260 g/mol. The Morgan fingerprint density at radius 1 is 1.29 bits per heavy atom. The molecule has 21 heavy (non-hydrogen) atoms. The highest BCUT2D eigenvalue weighted by Crippen LogP contribution is 2.17. The van der Waals surface area contributed by atoms with Crippen molar-refractivity contribution in [1.82, 2.24) is 4.90 Å². The first-order chi connectivity index (χ1) is 10.1. The topological polar surface area (TPSA) is 46.3 Å². The van der Waals surface area contributed by atoms with E-state index in [0.717, 1.165) is 31.4 Å². The molecule has 0 aromatic heterocycles. The van der Waals surface area contributed by atoms with Crippen molar-refractivity contribution < 1.29 is 4.79 Å². The summed E-state index contributed by atoms with van der Waals surface area (Å²) in [7, 11) is 0. The van der Waals surface area contributed by atoms with Crippen molar-refractivity contribution in [1.29, 1.82) is 0 Å². The summed E-state index contributed by atoms with van der Waals surface area (Å²) in [5.74, 6) is 0.232. The van der Waals surface area contributed by atoms with E-state index in [-0.39, 0.29) is 18.0 Å². The van der Waals surface area contributed by atoms with Crippen LogP contribution in [0.3, 0.4) is 0 Å². The van der Waals surface area contributed by atoms with Gasteiger partial charge in [-0.3, -0.25) is 4.79 Å². The van der Waals surface area contributed by atoms with E-state index in [2.05, 4.69) is 38.1 Å². The molecule has 0 unspecified atom stereocenters. The number of rotatable bonds is 5. The molecule has 1 aliphatic heterocycles. The number of aryl methyl sites for hydroxylation is 1. The van der Waals surface area contributed by atoms with Gasteiger partial charge in [0.1, 0.15) is 0 Å². The largest absolute Gasteiger partial charge is 0.340 e. The maximum Gasteiger partial charge on any atom is 0.227 e. The molecule has 3 nitrogen and oxygen atoms in total. The SMILES string of the molecule is CCCCc1ccc(CC(=O)N2CC[C@@H](N)C[C@H]2C)cc1. The van der Waals surface area contributed by atoms with Crippen LogP contribution in [0, 0.1) is 0 Å². The van der Waals surface area contributed by atoms with E-state index in [1.165, 1.54) is 18.4 Å². The zero-order chi connectivity index (χ0) is 15.2. The van der Waals surface area contributed by atoms with Crippen molar-refractivity contribution in [3.05, 3.63) is 35.4 Å². The fourth-order valence-corrected chi connectivity index (χ4v) is 3.06. The Balaban J connectivity index is 1.90. The molecule has 0 aliphatic carbocycles. The van der Waals surface area contributed by atoms with Crippen LogP contribution >= 0.6 is 0 Å². The van der Waals surface area contributed by atoms with Gasteiger partial charge in [-0.25, -0.2) is 0 Å². The molecule has 2 atom stereocenters. The average molecular weight is 288 g/mol. The number of amides is 1. The third-order valence-corrected chi connectivity index (χ3v) is 4.43. The zero-order valence-corrected chi connectivity index (χ0v) is 13.3. The molecule has 116 valence electrons. The second-order valence-electron chi connectivity index (χ2n) is 6.32. The third-order valence-electron chi connectivity index (χ3n) is 4.43. The highest BCUT2D eigenvalue weighted by atomic mass is 16.2. The number of hydrogen-bond donors (Lipinski definition) is 1. The number of benzene rings is 1. The number of carbonyl (C=O) groups excluding carboxylic acids is 1. The van der Waals surface area contributed by atoms with E-state index in [9.17, 15) is 4.79 Å². The number of likely N-dealkylation sites (tertiary alicyclic amines) is 1. The quantitative estimate of drug-likeness (QED) is 0.905. The van der Waals surface area contributed by atoms with Crippen LogP contribution < -0.4 is 5.73 Å². The van der Waals surface area contributed by atoms with Gasteiger partial charge in [-0.1, -0.05) is 37.6 Å². The van der Waals surface area contributed by atoms with Gasteiger partial charge in [0.25, 0.3) is 0 Å². The molecule has 1 heterocycles. The van der Waals surface area contributed by atoms with Crippen molar-refractivity contribution in [3.63, 3.8) is 0 Å². The summed E-state index contributed by atoms with van der Waals surface area (Å²) < 4.78 is 0. The van der Waals surface area contributed by atoms with Crippen LogP contribution in [-0.4, -0.2) is 29.4 Å². The van der Waals surface area contributed by atoms with Crippen molar-refractivity contribution >= 4 is 5.91 Å². The van der Waals surface area contributed by atoms with Gasteiger partial charge in [-0.2, -0.15) is 0 Å². The summed E-state index contributed by atoms with van der Waals surface area (Å²) in [5.41, 5.74) is 8.44. The van der Waals surface area contributed by atoms with Crippen LogP contribution in [0.2, 0.25) is 0 Å². The van der Waals surface area contributed by atoms with Gasteiger partial charge in [-0.05, 0) is 43.7 Å². The van der Waals surface area contributed by atoms with Crippen molar-refractivity contribution in [2.24, 2.45) is 5.73 Å². The molecule has 2 rings (SSSR count). The molecule has 0 saturated carbocycles. The smallest absolute Gasteiger partial charge is 0.227 e. The van der Waals surface area contributed by atoms with Crippen LogP contribution in [0.15, 0.2) is 24.3 Å². The van der Waals surface area contributed by atoms with Gasteiger partial charge in [0.15, 0.2) is 0 Å². The molecule has 1 amide bonds. The summed E-state index contributed by atoms with van der Waals surface area (Å²) in [6.07, 6.45) is 5.92. The monoisotopic (exact) mass is 288 g/mol. The minimum Gasteiger partial charge on any atom is -0.340 e. The summed E-state index contributed by atoms with van der Waals surface area (Å²) >= 11 is 0. The van der Waals surface area contributed by atoms with Crippen LogP contribution in [0.1, 0.15) is 50.7 Å². The Morgan fingerprint density at radius 3 is 2.57 bits per heavy atom. The van der Waals surface area contributed by atoms with E-state index < -0.39 is 0 Å². The van der Waals surface area contributed by atoms with Crippen LogP contribution in [-0.2, 0) is 17.6 Å². The molecule has 1 fully saturated rings. The molecule has 1 saturated heterocycles. The lowest BCUT2D eigenvalue weighted by atomic mass is 9.98. The van der Waals surface area contributed by atoms with Gasteiger partial charge in [-0.15, -0.1) is 0 Å². The van der Waals surface area contributed by atoms with Gasteiger partial charge >= 0.3 is 0 Å². The van der Waals surface area contributed by atoms with Gasteiger partial charge < -0.3 is 10.6 Å². The maximum atomic E-state index is 12.4. The first-order valence-electron chi connectivity index (χ1n) is 8.23. The average Bonchev–Trinajstić information content (AvgIpc) is 2.46. The first-order valence-corrected chi connectivity index (χ1v) is 8.23. The lowest BCUT2D eigenvalue weighted by Crippen LogP contribution is -2.48. The summed E-state index contributed by atoms with van der Waals surface area (Å²) in [6.45, 7) is 5.11. The van der Waals surface area contributed by atoms with Gasteiger partial charge in [0, 0.05) is 18.6 Å². The molecular formula is C18H28N2O. The number of piperidine rings is 1. The fraction of sp³-hybridized carbons (Fsp3) is 0.611. The Bertz CT molecular complexity index is 455. The number of hydrogen-bond acceptors (Lipinski definition) is 2. The molecule has 0 bridgehead atoms. The van der Waals surface area contributed by atoms with Crippen molar-refractivity contribution in [2.45, 2.75) is 64.5 Å². The van der Waals surface area contributed by atoms with Gasteiger partial charge in [0.2, 0.25) is 5.91 Å². The van der Waals surface area contributed by atoms with E-state index in [4.69, 9.17) is 5.73 Å². The lowest BCUT2D eigenvalue weighted by Gasteiger charge is -2.36. The van der Waals surface area contributed by atoms with Crippen molar-refractivity contribution in [3.8, 4) is 0 Å². The molecule has 0 spiro atoms. The number of nitrogens with two attached hydrogens (primary N) is 1. The molecule has 1 aromatic carbocycles. The number of nitrogens with zero attached hydrogens (tertiary/aromatic N) is 1. The minimum absolute atomic E-state index is 0.232. The second-order valence-corrected chi connectivity index (χ2v) is 6.32. The minimum atomic E-state index is 0.232. The Morgan fingerprint density at radius 2 is 1.95 bits per heavy atom. The Hall–Kier alpha value is -1.35. The fourth-order valence-electron chi connectivity index (χ4n) is 3.06. The molecule has 2 N–H and O–H groups in total. The zero-order valence-electron chi connectivity index (χ0n) is 13.3. The van der Waals surface area contributed by atoms with Crippen LogP contribution in [0.5, 0.6) is 0 Å². The summed E-state index contributed by atoms with van der Waals surface area (Å²) in [6, 6.07) is 9.04. The van der Waals surface area contributed by atoms with E-state index in [1.807, 2.05) is 4.90 Å². The number of carbonyl (C=O) groups is 1. The lowest BCUT2D eigenvalue weighted by molar-refractivity contribution is -0.133. The van der Waals surface area contributed by atoms with E-state index in [0.29, 0.717) is 6.42 Å². The standard InChI is InChI=1S/C18H28N2O/c1-3-4-5-15-6-8-16(9-7-15)13-18(21)20-11-10-17(19)12-14(20)2/h6-9,14,17H,3-5,10-13,19H2,1-2H3/t14-,17-/m1/s1. The number of unbranched alkanes of at least 4 members (excludes halogenated alkanes) is 1. The maximum absolute atomic E-state index is 12.4.